The molecule has 0 spiro atoms. The first-order valence-corrected chi connectivity index (χ1v) is 11.9. The monoisotopic (exact) mass is 539 g/mol. The highest BCUT2D eigenvalue weighted by Gasteiger charge is 2.37. The summed E-state index contributed by atoms with van der Waals surface area (Å²) in [6.07, 6.45) is -6.77. The van der Waals surface area contributed by atoms with E-state index in [2.05, 4.69) is 20.4 Å². The van der Waals surface area contributed by atoms with Crippen LogP contribution in [0.1, 0.15) is 24.5 Å². The lowest BCUT2D eigenvalue weighted by Gasteiger charge is -2.34. The zero-order valence-corrected chi connectivity index (χ0v) is 19.8. The molecule has 1 unspecified atom stereocenters. The topological polar surface area (TPSA) is 107 Å². The fourth-order valence-corrected chi connectivity index (χ4v) is 4.38. The number of hydrogen-bond acceptors (Lipinski definition) is 8. The van der Waals surface area contributed by atoms with Crippen molar-refractivity contribution in [1.82, 2.24) is 25.1 Å². The smallest absolute Gasteiger partial charge is 0.380 e. The van der Waals surface area contributed by atoms with E-state index in [-0.39, 0.29) is 18.3 Å². The number of nitrogens with one attached hydrogen (secondary N) is 2. The maximum absolute atomic E-state index is 13.1. The molecule has 1 saturated heterocycles. The minimum absolute atomic E-state index is 0.103. The Morgan fingerprint density at radius 1 is 1.08 bits per heavy atom. The molecule has 0 bridgehead atoms. The predicted molar refractivity (Wildman–Crippen MR) is 121 cm³/mol. The summed E-state index contributed by atoms with van der Waals surface area (Å²) in [6, 6.07) is -0.429. The Labute approximate surface area is 205 Å². The van der Waals surface area contributed by atoms with Gasteiger partial charge in [-0.2, -0.15) is 43.2 Å². The summed E-state index contributed by atoms with van der Waals surface area (Å²) in [5.41, 5.74) is -4.02. The number of hydrogen-bond donors (Lipinski definition) is 2. The van der Waals surface area contributed by atoms with E-state index >= 15 is 0 Å². The second-order valence-electron chi connectivity index (χ2n) is 7.99. The Bertz CT molecular complexity index is 1090. The average Bonchev–Trinajstić information content (AvgIpc) is 2.80. The summed E-state index contributed by atoms with van der Waals surface area (Å²) in [7, 11) is 0. The highest BCUT2D eigenvalue weighted by Crippen LogP contribution is 2.32. The van der Waals surface area contributed by atoms with Gasteiger partial charge in [0, 0.05) is 62.5 Å². The molecule has 0 radical (unpaired) electrons. The Hall–Kier alpha value is -3.04. The van der Waals surface area contributed by atoms with Crippen LogP contribution in [-0.2, 0) is 17.1 Å². The van der Waals surface area contributed by atoms with Crippen LogP contribution in [0.4, 0.5) is 38.0 Å². The lowest BCUT2D eigenvalue weighted by Crippen LogP contribution is -2.49. The SMILES string of the molecule is CC(CSCCC(=O)N1CCN(c2ncc(C(F)(F)F)cn2)CC1)Nc1cn[nH]c(=O)c1C(F)(F)F. The first-order valence-electron chi connectivity index (χ1n) is 10.8. The molecule has 1 atom stereocenters. The fourth-order valence-electron chi connectivity index (χ4n) is 3.46. The number of carbonyl (C=O) groups excluding carboxylic acids is 1. The number of alkyl halides is 6. The second-order valence-corrected chi connectivity index (χ2v) is 9.14. The van der Waals surface area contributed by atoms with Crippen LogP contribution in [0.5, 0.6) is 0 Å². The van der Waals surface area contributed by atoms with Gasteiger partial charge < -0.3 is 15.1 Å². The molecular weight excluding hydrogens is 516 g/mol. The minimum atomic E-state index is -4.83. The van der Waals surface area contributed by atoms with Crippen LogP contribution in [0, 0.1) is 0 Å². The average molecular weight is 540 g/mol. The molecule has 9 nitrogen and oxygen atoms in total. The van der Waals surface area contributed by atoms with E-state index in [1.807, 2.05) is 0 Å². The highest BCUT2D eigenvalue weighted by atomic mass is 32.2. The van der Waals surface area contributed by atoms with Crippen LogP contribution in [0.2, 0.25) is 0 Å². The van der Waals surface area contributed by atoms with Crippen LogP contribution in [0.25, 0.3) is 0 Å². The number of H-pyrrole nitrogens is 1. The van der Waals surface area contributed by atoms with E-state index in [1.54, 1.807) is 21.8 Å². The maximum Gasteiger partial charge on any atom is 0.423 e. The number of anilines is 2. The molecule has 0 aromatic carbocycles. The molecule has 198 valence electrons. The van der Waals surface area contributed by atoms with Crippen LogP contribution >= 0.6 is 11.8 Å². The quantitative estimate of drug-likeness (QED) is 0.390. The highest BCUT2D eigenvalue weighted by molar-refractivity contribution is 7.99. The maximum atomic E-state index is 13.1. The molecule has 1 amide bonds. The Balaban J connectivity index is 1.40. The van der Waals surface area contributed by atoms with E-state index in [1.165, 1.54) is 11.8 Å². The van der Waals surface area contributed by atoms with E-state index in [0.29, 0.717) is 37.7 Å². The first kappa shape index (κ1) is 27.5. The van der Waals surface area contributed by atoms with Crippen molar-refractivity contribution in [3.63, 3.8) is 0 Å². The summed E-state index contributed by atoms with van der Waals surface area (Å²) < 4.78 is 77.3. The predicted octanol–water partition coefficient (Wildman–Crippen LogP) is 2.87. The number of aromatic amines is 1. The lowest BCUT2D eigenvalue weighted by atomic mass is 10.2. The molecular formula is C20H23F6N7O2S. The van der Waals surface area contributed by atoms with Crippen molar-refractivity contribution < 1.29 is 31.1 Å². The van der Waals surface area contributed by atoms with Gasteiger partial charge in [0.05, 0.1) is 17.4 Å². The molecule has 0 aliphatic carbocycles. The van der Waals surface area contributed by atoms with Crippen molar-refractivity contribution >= 4 is 29.3 Å². The summed E-state index contributed by atoms with van der Waals surface area (Å²) in [5.74, 6) is 0.883. The number of thioether (sulfide) groups is 1. The molecule has 1 aliphatic heterocycles. The summed E-state index contributed by atoms with van der Waals surface area (Å²) >= 11 is 1.37. The second kappa shape index (κ2) is 11.3. The van der Waals surface area contributed by atoms with Crippen molar-refractivity contribution in [2.45, 2.75) is 31.7 Å². The van der Waals surface area contributed by atoms with E-state index in [0.717, 1.165) is 18.6 Å². The van der Waals surface area contributed by atoms with Gasteiger partial charge in [0.2, 0.25) is 11.9 Å². The van der Waals surface area contributed by atoms with Gasteiger partial charge in [0.1, 0.15) is 5.56 Å². The van der Waals surface area contributed by atoms with Gasteiger partial charge in [0.15, 0.2) is 0 Å². The summed E-state index contributed by atoms with van der Waals surface area (Å²) in [5, 5.41) is 7.82. The Kier molecular flexibility index (Phi) is 8.68. The van der Waals surface area contributed by atoms with Gasteiger partial charge in [0.25, 0.3) is 5.56 Å². The van der Waals surface area contributed by atoms with Gasteiger partial charge in [-0.25, -0.2) is 15.1 Å². The van der Waals surface area contributed by atoms with Gasteiger partial charge in [-0.15, -0.1) is 0 Å². The normalized spacial score (nSPS) is 15.6. The van der Waals surface area contributed by atoms with Gasteiger partial charge in [-0.1, -0.05) is 0 Å². The molecule has 1 fully saturated rings. The molecule has 3 rings (SSSR count). The van der Waals surface area contributed by atoms with Crippen molar-refractivity contribution in [2.24, 2.45) is 0 Å². The standard InChI is InChI=1S/C20H23F6N7O2S/c1-12(30-14-10-29-31-17(35)16(14)20(24,25)26)11-36-7-2-15(34)32-3-5-33(6-4-32)18-27-8-13(9-28-18)19(21,22)23/h8-10,12H,2-7,11H2,1H3,(H2,30,31,35). The number of aromatic nitrogens is 4. The van der Waals surface area contributed by atoms with E-state index in [4.69, 9.17) is 0 Å². The van der Waals surface area contributed by atoms with Crippen LogP contribution in [0.3, 0.4) is 0 Å². The van der Waals surface area contributed by atoms with Crippen LogP contribution < -0.4 is 15.8 Å². The minimum Gasteiger partial charge on any atom is -0.380 e. The number of rotatable bonds is 8. The molecule has 2 N–H and O–H groups in total. The molecule has 36 heavy (non-hydrogen) atoms. The van der Waals surface area contributed by atoms with E-state index in [9.17, 15) is 35.9 Å². The zero-order valence-electron chi connectivity index (χ0n) is 19.0. The third-order valence-electron chi connectivity index (χ3n) is 5.25. The van der Waals surface area contributed by atoms with E-state index < -0.39 is 40.8 Å². The van der Waals surface area contributed by atoms with Crippen molar-refractivity contribution in [1.29, 1.82) is 0 Å². The fraction of sp³-hybridized carbons (Fsp3) is 0.550. The molecule has 3 heterocycles. The van der Waals surface area contributed by atoms with Gasteiger partial charge >= 0.3 is 12.4 Å². The number of halogens is 6. The van der Waals surface area contributed by atoms with Crippen molar-refractivity contribution in [3.8, 4) is 0 Å². The zero-order chi connectivity index (χ0) is 26.5. The lowest BCUT2D eigenvalue weighted by molar-refractivity contribution is -0.139. The largest absolute Gasteiger partial charge is 0.423 e. The van der Waals surface area contributed by atoms with Crippen LogP contribution in [-0.4, -0.2) is 74.7 Å². The van der Waals surface area contributed by atoms with Crippen LogP contribution in [0.15, 0.2) is 23.4 Å². The number of nitrogens with zero attached hydrogens (tertiary/aromatic N) is 5. The number of amides is 1. The van der Waals surface area contributed by atoms with Gasteiger partial charge in [-0.05, 0) is 6.92 Å². The number of carbonyl (C=O) groups is 1. The molecule has 0 saturated carbocycles. The summed E-state index contributed by atoms with van der Waals surface area (Å²) in [4.78, 5) is 34.9. The Morgan fingerprint density at radius 3 is 2.31 bits per heavy atom. The van der Waals surface area contributed by atoms with Crippen molar-refractivity contribution in [2.75, 3.05) is 47.9 Å². The third-order valence-corrected chi connectivity index (χ3v) is 6.48. The number of piperazine rings is 1. The molecule has 2 aromatic heterocycles. The first-order chi connectivity index (χ1) is 16.9. The van der Waals surface area contributed by atoms with Gasteiger partial charge in [-0.3, -0.25) is 9.59 Å². The molecule has 16 heteroatoms. The van der Waals surface area contributed by atoms with Crippen molar-refractivity contribution in [3.05, 3.63) is 40.1 Å². The summed E-state index contributed by atoms with van der Waals surface area (Å²) in [6.45, 7) is 3.12. The molecule has 1 aliphatic rings. The molecule has 2 aromatic rings. The Morgan fingerprint density at radius 2 is 1.72 bits per heavy atom. The third kappa shape index (κ3) is 7.24.